The highest BCUT2D eigenvalue weighted by Gasteiger charge is 2.24. The number of esters is 1. The molecule has 114 valence electrons. The monoisotopic (exact) mass is 381 g/mol. The largest absolute Gasteiger partial charge is 0.466 e. The smallest absolute Gasteiger partial charge is 0.331 e. The van der Waals surface area contributed by atoms with Crippen LogP contribution in [0, 0.1) is 6.92 Å². The van der Waals surface area contributed by atoms with Gasteiger partial charge in [-0.1, -0.05) is 22.0 Å². The van der Waals surface area contributed by atoms with Crippen LogP contribution in [0.5, 0.6) is 0 Å². The number of nitrogens with zero attached hydrogens (tertiary/aromatic N) is 2. The number of ether oxygens (including phenoxy) is 1. The van der Waals surface area contributed by atoms with Crippen molar-refractivity contribution in [3.8, 4) is 0 Å². The van der Waals surface area contributed by atoms with Gasteiger partial charge in [0.2, 0.25) is 0 Å². The number of aryl methyl sites for hydroxylation is 1. The zero-order chi connectivity index (χ0) is 16.1. The van der Waals surface area contributed by atoms with Crippen LogP contribution in [0.1, 0.15) is 11.1 Å². The van der Waals surface area contributed by atoms with Crippen molar-refractivity contribution in [3.63, 3.8) is 0 Å². The highest BCUT2D eigenvalue weighted by atomic mass is 79.9. The van der Waals surface area contributed by atoms with Gasteiger partial charge in [0.05, 0.1) is 18.2 Å². The average molecular weight is 382 g/mol. The van der Waals surface area contributed by atoms with Crippen LogP contribution in [-0.4, -0.2) is 30.4 Å². The van der Waals surface area contributed by atoms with Gasteiger partial charge < -0.3 is 4.74 Å². The predicted molar refractivity (Wildman–Crippen MR) is 89.7 cm³/mol. The van der Waals surface area contributed by atoms with Crippen LogP contribution in [0.3, 0.4) is 0 Å². The Bertz CT molecular complexity index is 713. The fourth-order valence-corrected chi connectivity index (χ4v) is 2.78. The summed E-state index contributed by atoms with van der Waals surface area (Å²) in [4.78, 5) is 23.0. The highest BCUT2D eigenvalue weighted by molar-refractivity contribution is 9.10. The van der Waals surface area contributed by atoms with Gasteiger partial charge in [-0.15, -0.1) is 5.10 Å². The molecule has 1 amide bonds. The summed E-state index contributed by atoms with van der Waals surface area (Å²) in [5, 5.41) is 10.7. The van der Waals surface area contributed by atoms with Crippen LogP contribution in [0.25, 0.3) is 0 Å². The molecule has 0 unspecified atom stereocenters. The lowest BCUT2D eigenvalue weighted by atomic mass is 10.1. The number of amidine groups is 1. The zero-order valence-corrected chi connectivity index (χ0v) is 14.2. The van der Waals surface area contributed by atoms with E-state index in [0.717, 1.165) is 33.4 Å². The van der Waals surface area contributed by atoms with E-state index in [9.17, 15) is 9.59 Å². The summed E-state index contributed by atoms with van der Waals surface area (Å²) >= 11 is 4.42. The quantitative estimate of drug-likeness (QED) is 0.377. The molecule has 0 bridgehead atoms. The topological polar surface area (TPSA) is 80.1 Å². The second-order valence-electron chi connectivity index (χ2n) is 4.24. The molecule has 0 aromatic heterocycles. The number of rotatable bonds is 3. The summed E-state index contributed by atoms with van der Waals surface area (Å²) in [6.45, 7) is 1.96. The Hall–Kier alpha value is -1.93. The van der Waals surface area contributed by atoms with E-state index in [2.05, 4.69) is 36.2 Å². The number of benzene rings is 1. The first-order chi connectivity index (χ1) is 10.5. The van der Waals surface area contributed by atoms with E-state index in [4.69, 9.17) is 0 Å². The number of nitrogens with one attached hydrogen (secondary N) is 1. The summed E-state index contributed by atoms with van der Waals surface area (Å²) in [6, 6.07) is 5.79. The fraction of sp³-hybridized carbons (Fsp3) is 0.143. The number of carbonyl (C=O) groups excluding carboxylic acids is 2. The standard InChI is InChI=1S/C14H12BrN3O3S/c1-8-5-10(15)4-3-9(8)7-16-18-14-17-13(20)11(22-14)6-12(19)21-2/h3-7H,1-2H3,(H,17,18,20)/b11-6+,16-7?. The first-order valence-electron chi connectivity index (χ1n) is 6.15. The van der Waals surface area contributed by atoms with Crippen molar-refractivity contribution in [2.45, 2.75) is 6.92 Å². The van der Waals surface area contributed by atoms with Crippen LogP contribution in [0.4, 0.5) is 0 Å². The van der Waals surface area contributed by atoms with Crippen LogP contribution < -0.4 is 5.32 Å². The molecule has 1 aliphatic heterocycles. The number of hydrogen-bond donors (Lipinski definition) is 1. The van der Waals surface area contributed by atoms with Crippen molar-refractivity contribution >= 4 is 51.0 Å². The molecule has 1 aliphatic rings. The molecule has 0 saturated carbocycles. The van der Waals surface area contributed by atoms with Crippen LogP contribution in [0.15, 0.2) is 43.9 Å². The minimum absolute atomic E-state index is 0.223. The lowest BCUT2D eigenvalue weighted by molar-refractivity contribution is -0.135. The summed E-state index contributed by atoms with van der Waals surface area (Å²) in [7, 11) is 1.25. The second-order valence-corrected chi connectivity index (χ2v) is 6.18. The molecule has 0 atom stereocenters. The van der Waals surface area contributed by atoms with E-state index < -0.39 is 11.9 Å². The molecule has 1 heterocycles. The predicted octanol–water partition coefficient (Wildman–Crippen LogP) is 2.37. The third-order valence-corrected chi connectivity index (χ3v) is 4.07. The Balaban J connectivity index is 2.08. The van der Waals surface area contributed by atoms with Gasteiger partial charge in [0, 0.05) is 10.5 Å². The number of thioether (sulfide) groups is 1. The minimum Gasteiger partial charge on any atom is -0.466 e. The van der Waals surface area contributed by atoms with Crippen molar-refractivity contribution in [1.82, 2.24) is 5.32 Å². The molecule has 1 aromatic rings. The summed E-state index contributed by atoms with van der Waals surface area (Å²) < 4.78 is 5.47. The Kier molecular flexibility index (Phi) is 5.51. The van der Waals surface area contributed by atoms with Crippen LogP contribution >= 0.6 is 27.7 Å². The average Bonchev–Trinajstić information content (AvgIpc) is 2.81. The van der Waals surface area contributed by atoms with Gasteiger partial charge in [-0.25, -0.2) is 4.79 Å². The van der Waals surface area contributed by atoms with Gasteiger partial charge >= 0.3 is 5.97 Å². The van der Waals surface area contributed by atoms with Crippen LogP contribution in [-0.2, 0) is 14.3 Å². The van der Waals surface area contributed by atoms with Gasteiger partial charge in [-0.3, -0.25) is 10.1 Å². The van der Waals surface area contributed by atoms with E-state index in [1.54, 1.807) is 6.21 Å². The summed E-state index contributed by atoms with van der Waals surface area (Å²) in [5.74, 6) is -0.989. The van der Waals surface area contributed by atoms with Gasteiger partial charge in [-0.05, 0) is 41.9 Å². The van der Waals surface area contributed by atoms with E-state index in [1.807, 2.05) is 25.1 Å². The van der Waals surface area contributed by atoms with E-state index in [0.29, 0.717) is 5.17 Å². The maximum absolute atomic E-state index is 11.6. The van der Waals surface area contributed by atoms with E-state index in [-0.39, 0.29) is 4.91 Å². The summed E-state index contributed by atoms with van der Waals surface area (Å²) in [6.07, 6.45) is 2.72. The molecule has 0 spiro atoms. The fourth-order valence-electron chi connectivity index (χ4n) is 1.57. The molecule has 2 rings (SSSR count). The van der Waals surface area contributed by atoms with Gasteiger partial charge in [0.1, 0.15) is 0 Å². The Morgan fingerprint density at radius 2 is 2.23 bits per heavy atom. The molecule has 0 radical (unpaired) electrons. The molecule has 1 fully saturated rings. The molecule has 1 saturated heterocycles. The number of hydrogen-bond acceptors (Lipinski definition) is 6. The zero-order valence-electron chi connectivity index (χ0n) is 11.8. The van der Waals surface area contributed by atoms with Gasteiger partial charge in [0.15, 0.2) is 5.17 Å². The Labute approximate surface area is 139 Å². The normalized spacial score (nSPS) is 18.2. The van der Waals surface area contributed by atoms with Crippen molar-refractivity contribution < 1.29 is 14.3 Å². The number of halogens is 1. The first-order valence-corrected chi connectivity index (χ1v) is 7.76. The molecule has 0 aliphatic carbocycles. The lowest BCUT2D eigenvalue weighted by Gasteiger charge is -1.98. The molecule has 8 heteroatoms. The molecular formula is C14H12BrN3O3S. The highest BCUT2D eigenvalue weighted by Crippen LogP contribution is 2.23. The Morgan fingerprint density at radius 1 is 1.45 bits per heavy atom. The minimum atomic E-state index is -0.590. The SMILES string of the molecule is COC(=O)/C=C1/S/C(=N\N=Cc2ccc(Br)cc2C)NC1=O. The second kappa shape index (κ2) is 7.37. The number of methoxy groups -OCH3 is 1. The van der Waals surface area contributed by atoms with Crippen molar-refractivity contribution in [2.75, 3.05) is 7.11 Å². The maximum atomic E-state index is 11.6. The van der Waals surface area contributed by atoms with E-state index in [1.165, 1.54) is 7.11 Å². The van der Waals surface area contributed by atoms with Crippen molar-refractivity contribution in [1.29, 1.82) is 0 Å². The number of carbonyl (C=O) groups is 2. The third-order valence-electron chi connectivity index (χ3n) is 2.68. The van der Waals surface area contributed by atoms with E-state index >= 15 is 0 Å². The van der Waals surface area contributed by atoms with Crippen LogP contribution in [0.2, 0.25) is 0 Å². The van der Waals surface area contributed by atoms with Gasteiger partial charge in [-0.2, -0.15) is 5.10 Å². The molecule has 1 N–H and O–H groups in total. The third kappa shape index (κ3) is 4.28. The molecular weight excluding hydrogens is 370 g/mol. The first kappa shape index (κ1) is 16.4. The van der Waals surface area contributed by atoms with Gasteiger partial charge in [0.25, 0.3) is 5.91 Å². The molecule has 1 aromatic carbocycles. The lowest BCUT2D eigenvalue weighted by Crippen LogP contribution is -2.19. The number of amides is 1. The van der Waals surface area contributed by atoms with Crippen molar-refractivity contribution in [3.05, 3.63) is 44.8 Å². The Morgan fingerprint density at radius 3 is 2.91 bits per heavy atom. The molecule has 6 nitrogen and oxygen atoms in total. The van der Waals surface area contributed by atoms with Crippen molar-refractivity contribution in [2.24, 2.45) is 10.2 Å². The summed E-state index contributed by atoms with van der Waals surface area (Å²) in [5.41, 5.74) is 1.97. The maximum Gasteiger partial charge on any atom is 0.331 e. The molecule has 22 heavy (non-hydrogen) atoms.